The zero-order valence-electron chi connectivity index (χ0n) is 12.4. The van der Waals surface area contributed by atoms with E-state index in [1.54, 1.807) is 54.6 Å². The summed E-state index contributed by atoms with van der Waals surface area (Å²) < 4.78 is 4.99. The molecule has 23 heavy (non-hydrogen) atoms. The lowest BCUT2D eigenvalue weighted by Crippen LogP contribution is -2.12. The minimum absolute atomic E-state index is 0.0978. The van der Waals surface area contributed by atoms with Crippen molar-refractivity contribution in [3.8, 4) is 0 Å². The Morgan fingerprint density at radius 1 is 0.957 bits per heavy atom. The molecule has 0 N–H and O–H groups in total. The summed E-state index contributed by atoms with van der Waals surface area (Å²) in [5.74, 6) is -0.672. The van der Waals surface area contributed by atoms with Gasteiger partial charge in [0.1, 0.15) is 6.61 Å². The van der Waals surface area contributed by atoms with Crippen molar-refractivity contribution in [3.63, 3.8) is 0 Å². The van der Waals surface area contributed by atoms with Crippen LogP contribution >= 0.6 is 23.2 Å². The number of esters is 1. The Kier molecular flexibility index (Phi) is 5.97. The highest BCUT2D eigenvalue weighted by molar-refractivity contribution is 6.31. The van der Waals surface area contributed by atoms with E-state index in [0.717, 1.165) is 5.56 Å². The maximum absolute atomic E-state index is 12.6. The number of carbonyl (C=O) groups excluding carboxylic acids is 2. The van der Waals surface area contributed by atoms with Crippen LogP contribution in [0.1, 0.15) is 22.8 Å². The maximum atomic E-state index is 12.6. The van der Waals surface area contributed by atoms with Gasteiger partial charge in [-0.15, -0.1) is 0 Å². The predicted octanol–water partition coefficient (Wildman–Crippen LogP) is 4.82. The van der Waals surface area contributed by atoms with Gasteiger partial charge in [-0.25, -0.2) is 0 Å². The normalized spacial score (nSPS) is 11.2. The van der Waals surface area contributed by atoms with Crippen LogP contribution in [0.4, 0.5) is 0 Å². The van der Waals surface area contributed by atoms with E-state index in [9.17, 15) is 9.59 Å². The molecule has 3 nitrogen and oxygen atoms in total. The first-order chi connectivity index (χ1) is 11.0. The largest absolute Gasteiger partial charge is 0.461 e. The molecular weight excluding hydrogens is 335 g/mol. The van der Waals surface area contributed by atoms with Crippen LogP contribution < -0.4 is 0 Å². The van der Waals surface area contributed by atoms with Crippen LogP contribution in [-0.2, 0) is 9.53 Å². The van der Waals surface area contributed by atoms with Gasteiger partial charge in [-0.3, -0.25) is 9.59 Å². The second kappa shape index (κ2) is 7.95. The quantitative estimate of drug-likeness (QED) is 0.441. The molecule has 0 saturated heterocycles. The molecule has 0 aliphatic heterocycles. The molecule has 0 aliphatic carbocycles. The van der Waals surface area contributed by atoms with E-state index in [4.69, 9.17) is 27.9 Å². The van der Waals surface area contributed by atoms with Crippen molar-refractivity contribution in [2.24, 2.45) is 0 Å². The number of hydrogen-bond acceptors (Lipinski definition) is 3. The predicted molar refractivity (Wildman–Crippen MR) is 91.8 cm³/mol. The van der Waals surface area contributed by atoms with E-state index in [1.807, 2.05) is 0 Å². The summed E-state index contributed by atoms with van der Waals surface area (Å²) in [4.78, 5) is 23.7. The van der Waals surface area contributed by atoms with Gasteiger partial charge in [0.05, 0.1) is 0 Å². The standard InChI is InChI=1S/C18H14Cl2O3/c1-12(21)23-11-15(10-13-2-6-16(19)7-3-13)18(22)14-4-8-17(20)9-5-14/h2-10H,11H2,1H3/b15-10-. The van der Waals surface area contributed by atoms with Gasteiger partial charge in [-0.05, 0) is 48.0 Å². The molecule has 2 aromatic carbocycles. The highest BCUT2D eigenvalue weighted by Gasteiger charge is 2.14. The van der Waals surface area contributed by atoms with Gasteiger partial charge in [0, 0.05) is 28.1 Å². The zero-order valence-corrected chi connectivity index (χ0v) is 13.9. The molecule has 0 radical (unpaired) electrons. The van der Waals surface area contributed by atoms with Gasteiger partial charge in [-0.1, -0.05) is 35.3 Å². The monoisotopic (exact) mass is 348 g/mol. The van der Waals surface area contributed by atoms with Crippen molar-refractivity contribution in [3.05, 3.63) is 75.3 Å². The van der Waals surface area contributed by atoms with Crippen molar-refractivity contribution in [2.45, 2.75) is 6.92 Å². The molecule has 0 fully saturated rings. The lowest BCUT2D eigenvalue weighted by molar-refractivity contribution is -0.139. The number of rotatable bonds is 5. The van der Waals surface area contributed by atoms with Gasteiger partial charge in [0.25, 0.3) is 0 Å². The van der Waals surface area contributed by atoms with Crippen molar-refractivity contribution in [2.75, 3.05) is 6.61 Å². The molecule has 0 saturated carbocycles. The first-order valence-electron chi connectivity index (χ1n) is 6.85. The van der Waals surface area contributed by atoms with Crippen molar-refractivity contribution >= 4 is 41.0 Å². The topological polar surface area (TPSA) is 43.4 Å². The van der Waals surface area contributed by atoms with Crippen LogP contribution in [0.5, 0.6) is 0 Å². The molecule has 0 amide bonds. The Bertz CT molecular complexity index is 732. The Hall–Kier alpha value is -2.10. The first-order valence-corrected chi connectivity index (χ1v) is 7.61. The maximum Gasteiger partial charge on any atom is 0.302 e. The molecule has 0 aromatic heterocycles. The summed E-state index contributed by atoms with van der Waals surface area (Å²) in [5.41, 5.74) is 1.63. The molecule has 0 unspecified atom stereocenters. The van der Waals surface area contributed by atoms with Crippen LogP contribution in [-0.4, -0.2) is 18.4 Å². The van der Waals surface area contributed by atoms with Crippen LogP contribution in [0.25, 0.3) is 6.08 Å². The Balaban J connectivity index is 2.32. The number of hydrogen-bond donors (Lipinski definition) is 0. The summed E-state index contributed by atoms with van der Waals surface area (Å²) in [7, 11) is 0. The molecule has 5 heteroatoms. The SMILES string of the molecule is CC(=O)OC/C(=C/c1ccc(Cl)cc1)C(=O)c1ccc(Cl)cc1. The number of halogens is 2. The molecule has 0 bridgehead atoms. The second-order valence-electron chi connectivity index (χ2n) is 4.84. The number of carbonyl (C=O) groups is 2. The number of Topliss-reactive ketones (excluding diaryl/α,β-unsaturated/α-hetero) is 1. The van der Waals surface area contributed by atoms with Gasteiger partial charge in [-0.2, -0.15) is 0 Å². The first kappa shape index (κ1) is 17.3. The van der Waals surface area contributed by atoms with E-state index in [1.165, 1.54) is 6.92 Å². The molecule has 0 spiro atoms. The Morgan fingerprint density at radius 3 is 2.00 bits per heavy atom. The van der Waals surface area contributed by atoms with E-state index in [2.05, 4.69) is 0 Å². The Labute approximate surface area is 144 Å². The average molecular weight is 349 g/mol. The van der Waals surface area contributed by atoms with Crippen molar-refractivity contribution in [1.29, 1.82) is 0 Å². The summed E-state index contributed by atoms with van der Waals surface area (Å²) in [6.45, 7) is 1.20. The third kappa shape index (κ3) is 5.23. The second-order valence-corrected chi connectivity index (χ2v) is 5.71. The fourth-order valence-corrected chi connectivity index (χ4v) is 2.15. The summed E-state index contributed by atoms with van der Waals surface area (Å²) in [6, 6.07) is 13.6. The average Bonchev–Trinajstić information content (AvgIpc) is 2.53. The smallest absolute Gasteiger partial charge is 0.302 e. The molecule has 118 valence electrons. The zero-order chi connectivity index (χ0) is 16.8. The fraction of sp³-hybridized carbons (Fsp3) is 0.111. The number of benzene rings is 2. The molecule has 2 rings (SSSR count). The molecular formula is C18H14Cl2O3. The molecule has 0 aliphatic rings. The highest BCUT2D eigenvalue weighted by Crippen LogP contribution is 2.17. The molecule has 0 atom stereocenters. The van der Waals surface area contributed by atoms with Crippen molar-refractivity contribution < 1.29 is 14.3 Å². The number of ketones is 1. The van der Waals surface area contributed by atoms with Gasteiger partial charge in [0.2, 0.25) is 0 Å². The van der Waals surface area contributed by atoms with Crippen molar-refractivity contribution in [1.82, 2.24) is 0 Å². The van der Waals surface area contributed by atoms with E-state index >= 15 is 0 Å². The Morgan fingerprint density at radius 2 is 1.48 bits per heavy atom. The van der Waals surface area contributed by atoms with Gasteiger partial charge >= 0.3 is 5.97 Å². The van der Waals surface area contributed by atoms with Gasteiger partial charge in [0.15, 0.2) is 5.78 Å². The van der Waals surface area contributed by atoms with Gasteiger partial charge < -0.3 is 4.74 Å². The highest BCUT2D eigenvalue weighted by atomic mass is 35.5. The lowest BCUT2D eigenvalue weighted by atomic mass is 10.0. The minimum atomic E-state index is -0.448. The fourth-order valence-electron chi connectivity index (χ4n) is 1.90. The van der Waals surface area contributed by atoms with E-state index < -0.39 is 5.97 Å². The van der Waals surface area contributed by atoms with Crippen LogP contribution in [0.2, 0.25) is 10.0 Å². The third-order valence-electron chi connectivity index (χ3n) is 3.04. The molecule has 2 aromatic rings. The number of ether oxygens (including phenoxy) is 1. The van der Waals surface area contributed by atoms with Crippen LogP contribution in [0.3, 0.4) is 0 Å². The van der Waals surface area contributed by atoms with Crippen LogP contribution in [0, 0.1) is 0 Å². The summed E-state index contributed by atoms with van der Waals surface area (Å²) in [5, 5.41) is 1.15. The molecule has 0 heterocycles. The van der Waals surface area contributed by atoms with E-state index in [-0.39, 0.29) is 12.4 Å². The summed E-state index contributed by atoms with van der Waals surface area (Å²) in [6.07, 6.45) is 1.68. The van der Waals surface area contributed by atoms with E-state index in [0.29, 0.717) is 21.2 Å². The lowest BCUT2D eigenvalue weighted by Gasteiger charge is -2.08. The minimum Gasteiger partial charge on any atom is -0.461 e. The van der Waals surface area contributed by atoms with Crippen LogP contribution in [0.15, 0.2) is 54.1 Å². The summed E-state index contributed by atoms with van der Waals surface area (Å²) >= 11 is 11.7. The third-order valence-corrected chi connectivity index (χ3v) is 3.54.